The molecule has 0 unspecified atom stereocenters. The van der Waals surface area contributed by atoms with Gasteiger partial charge in [-0.25, -0.2) is 4.98 Å². The third-order valence-corrected chi connectivity index (χ3v) is 5.23. The highest BCUT2D eigenvalue weighted by molar-refractivity contribution is 9.10. The predicted octanol–water partition coefficient (Wildman–Crippen LogP) is 6.43. The average Bonchev–Trinajstić information content (AvgIpc) is 3.35. The molecule has 0 amide bonds. The van der Waals surface area contributed by atoms with Gasteiger partial charge in [0, 0.05) is 22.7 Å². The van der Waals surface area contributed by atoms with E-state index in [-0.39, 0.29) is 0 Å². The minimum absolute atomic E-state index is 0.737. The van der Waals surface area contributed by atoms with Crippen LogP contribution in [0.1, 0.15) is 17.3 Å². The van der Waals surface area contributed by atoms with Gasteiger partial charge >= 0.3 is 0 Å². The molecule has 0 spiro atoms. The van der Waals surface area contributed by atoms with Crippen LogP contribution in [0.4, 0.5) is 0 Å². The van der Waals surface area contributed by atoms with Gasteiger partial charge in [0.25, 0.3) is 0 Å². The van der Waals surface area contributed by atoms with Gasteiger partial charge in [0.1, 0.15) is 28.7 Å². The van der Waals surface area contributed by atoms with E-state index >= 15 is 0 Å². The number of aryl methyl sites for hydroxylation is 3. The lowest BCUT2D eigenvalue weighted by atomic mass is 10.1. The van der Waals surface area contributed by atoms with Crippen LogP contribution < -0.4 is 0 Å². The topological polar surface area (TPSA) is 55.0 Å². The first-order valence-corrected chi connectivity index (χ1v) is 9.68. The molecule has 134 valence electrons. The summed E-state index contributed by atoms with van der Waals surface area (Å²) >= 11 is 3.56. The molecular weight excluding hydrogens is 404 g/mol. The summed E-state index contributed by atoms with van der Waals surface area (Å²) in [5.74, 6) is 3.60. The smallest absolute Gasteiger partial charge is 0.138 e. The van der Waals surface area contributed by atoms with Crippen LogP contribution in [0.25, 0.3) is 33.3 Å². The Hall–Kier alpha value is -2.79. The van der Waals surface area contributed by atoms with Gasteiger partial charge in [-0.05, 0) is 49.4 Å². The second-order valence-electron chi connectivity index (χ2n) is 6.65. The fraction of sp³-hybridized carbons (Fsp3) is 0.136. The van der Waals surface area contributed by atoms with Gasteiger partial charge in [-0.2, -0.15) is 0 Å². The molecule has 3 aromatic heterocycles. The Labute approximate surface area is 164 Å². The molecule has 0 aliphatic carbocycles. The number of imidazole rings is 1. The Morgan fingerprint density at radius 3 is 2.70 bits per heavy atom. The van der Waals surface area contributed by atoms with Crippen molar-refractivity contribution in [3.8, 4) is 11.3 Å². The normalized spacial score (nSPS) is 11.6. The summed E-state index contributed by atoms with van der Waals surface area (Å²) in [6.45, 7) is 1.95. The monoisotopic (exact) mass is 420 g/mol. The maximum absolute atomic E-state index is 6.19. The van der Waals surface area contributed by atoms with Gasteiger partial charge in [-0.15, -0.1) is 0 Å². The molecule has 2 aromatic carbocycles. The Morgan fingerprint density at radius 1 is 1.00 bits per heavy atom. The molecule has 0 saturated heterocycles. The van der Waals surface area contributed by atoms with Crippen LogP contribution >= 0.6 is 15.9 Å². The van der Waals surface area contributed by atoms with E-state index in [0.29, 0.717) is 0 Å². The van der Waals surface area contributed by atoms with E-state index in [1.54, 1.807) is 0 Å². The zero-order valence-corrected chi connectivity index (χ0v) is 16.3. The van der Waals surface area contributed by atoms with Crippen LogP contribution in [0.15, 0.2) is 67.9 Å². The summed E-state index contributed by atoms with van der Waals surface area (Å²) in [6.07, 6.45) is 1.50. The summed E-state index contributed by atoms with van der Waals surface area (Å²) in [5.41, 5.74) is 3.93. The van der Waals surface area contributed by atoms with Crippen LogP contribution in [0, 0.1) is 6.92 Å². The maximum Gasteiger partial charge on any atom is 0.138 e. The number of halogens is 1. The fourth-order valence-corrected chi connectivity index (χ4v) is 3.85. The summed E-state index contributed by atoms with van der Waals surface area (Å²) in [6, 6.07) is 18.1. The van der Waals surface area contributed by atoms with Crippen molar-refractivity contribution in [2.75, 3.05) is 0 Å². The molecule has 1 N–H and O–H groups in total. The zero-order chi connectivity index (χ0) is 18.4. The molecule has 3 heterocycles. The molecule has 27 heavy (non-hydrogen) atoms. The molecule has 0 fully saturated rings. The second kappa shape index (κ2) is 6.43. The number of nitrogens with one attached hydrogen (secondary N) is 1. The highest BCUT2D eigenvalue weighted by atomic mass is 79.9. The van der Waals surface area contributed by atoms with E-state index in [4.69, 9.17) is 8.83 Å². The number of H-pyrrole nitrogens is 1. The number of benzene rings is 2. The lowest BCUT2D eigenvalue weighted by Gasteiger charge is -2.00. The van der Waals surface area contributed by atoms with E-state index in [9.17, 15) is 0 Å². The van der Waals surface area contributed by atoms with Gasteiger partial charge in [-0.1, -0.05) is 28.1 Å². The van der Waals surface area contributed by atoms with E-state index in [1.807, 2.05) is 55.5 Å². The van der Waals surface area contributed by atoms with Gasteiger partial charge in [0.05, 0.1) is 16.6 Å². The molecule has 5 rings (SSSR count). The fourth-order valence-electron chi connectivity index (χ4n) is 3.49. The quantitative estimate of drug-likeness (QED) is 0.364. The molecule has 0 atom stereocenters. The summed E-state index contributed by atoms with van der Waals surface area (Å²) in [4.78, 5) is 8.06. The van der Waals surface area contributed by atoms with Gasteiger partial charge in [0.15, 0.2) is 0 Å². The van der Waals surface area contributed by atoms with Gasteiger partial charge in [0.2, 0.25) is 0 Å². The SMILES string of the molecule is Cc1ccc(-c2c(CCc3nc4ccccc4[nH]3)oc3ccc(Br)cc23)o1. The van der Waals surface area contributed by atoms with E-state index in [1.165, 1.54) is 0 Å². The number of hydrogen-bond donors (Lipinski definition) is 1. The second-order valence-corrected chi connectivity index (χ2v) is 7.57. The Kier molecular flexibility index (Phi) is 3.90. The Balaban J connectivity index is 1.55. The van der Waals surface area contributed by atoms with Crippen molar-refractivity contribution in [2.24, 2.45) is 0 Å². The summed E-state index contributed by atoms with van der Waals surface area (Å²) < 4.78 is 13.1. The van der Waals surface area contributed by atoms with Crippen molar-refractivity contribution in [2.45, 2.75) is 19.8 Å². The first-order chi connectivity index (χ1) is 13.2. The summed E-state index contributed by atoms with van der Waals surface area (Å²) in [7, 11) is 0. The third-order valence-electron chi connectivity index (χ3n) is 4.74. The Bertz CT molecular complexity index is 1230. The van der Waals surface area contributed by atoms with E-state index in [2.05, 4.69) is 32.0 Å². The van der Waals surface area contributed by atoms with Crippen LogP contribution in [-0.2, 0) is 12.8 Å². The third kappa shape index (κ3) is 2.98. The van der Waals surface area contributed by atoms with Crippen LogP contribution in [-0.4, -0.2) is 9.97 Å². The Morgan fingerprint density at radius 2 is 1.89 bits per heavy atom. The maximum atomic E-state index is 6.19. The molecule has 0 aliphatic rings. The largest absolute Gasteiger partial charge is 0.461 e. The van der Waals surface area contributed by atoms with Crippen molar-refractivity contribution in [3.05, 3.63) is 76.4 Å². The number of hydrogen-bond acceptors (Lipinski definition) is 3. The molecule has 0 radical (unpaired) electrons. The van der Waals surface area contributed by atoms with Crippen molar-refractivity contribution in [1.82, 2.24) is 9.97 Å². The molecule has 5 aromatic rings. The summed E-state index contributed by atoms with van der Waals surface area (Å²) in [5, 5.41) is 1.05. The van der Waals surface area contributed by atoms with E-state index in [0.717, 1.165) is 68.0 Å². The average molecular weight is 421 g/mol. The van der Waals surface area contributed by atoms with Crippen LogP contribution in [0.3, 0.4) is 0 Å². The highest BCUT2D eigenvalue weighted by Crippen LogP contribution is 2.37. The molecule has 5 heteroatoms. The molecule has 0 aliphatic heterocycles. The molecule has 0 saturated carbocycles. The number of para-hydroxylation sites is 2. The number of furan rings is 2. The molecule has 4 nitrogen and oxygen atoms in total. The number of rotatable bonds is 4. The van der Waals surface area contributed by atoms with Crippen LogP contribution in [0.2, 0.25) is 0 Å². The van der Waals surface area contributed by atoms with Crippen LogP contribution in [0.5, 0.6) is 0 Å². The van der Waals surface area contributed by atoms with Gasteiger partial charge < -0.3 is 13.8 Å². The lowest BCUT2D eigenvalue weighted by Crippen LogP contribution is -1.93. The first kappa shape index (κ1) is 16.4. The molecular formula is C22H17BrN2O2. The van der Waals surface area contributed by atoms with Gasteiger partial charge in [-0.3, -0.25) is 0 Å². The standard InChI is InChI=1S/C22H17BrN2O2/c1-13-6-8-19(26-13)22-15-12-14(23)7-9-18(15)27-20(22)10-11-21-24-16-4-2-3-5-17(16)25-21/h2-9,12H,10-11H2,1H3,(H,24,25). The van der Waals surface area contributed by atoms with Crippen molar-refractivity contribution in [3.63, 3.8) is 0 Å². The van der Waals surface area contributed by atoms with Crippen molar-refractivity contribution >= 4 is 37.9 Å². The predicted molar refractivity (Wildman–Crippen MR) is 110 cm³/mol. The number of fused-ring (bicyclic) bond motifs is 2. The molecule has 0 bridgehead atoms. The number of aromatic amines is 1. The number of nitrogens with zero attached hydrogens (tertiary/aromatic N) is 1. The van der Waals surface area contributed by atoms with E-state index < -0.39 is 0 Å². The highest BCUT2D eigenvalue weighted by Gasteiger charge is 2.19. The minimum atomic E-state index is 0.737. The lowest BCUT2D eigenvalue weighted by molar-refractivity contribution is 0.529. The van der Waals surface area contributed by atoms with Crippen molar-refractivity contribution < 1.29 is 8.83 Å². The first-order valence-electron chi connectivity index (χ1n) is 8.89. The number of aromatic nitrogens is 2. The minimum Gasteiger partial charge on any atom is -0.461 e. The van der Waals surface area contributed by atoms with Crippen molar-refractivity contribution in [1.29, 1.82) is 0 Å². The zero-order valence-electron chi connectivity index (χ0n) is 14.8.